The molecule has 1 atom stereocenters. The predicted octanol–water partition coefficient (Wildman–Crippen LogP) is -0.230. The van der Waals surface area contributed by atoms with Crippen LogP contribution in [0.2, 0.25) is 0 Å². The van der Waals surface area contributed by atoms with Gasteiger partial charge in [0.2, 0.25) is 5.91 Å². The van der Waals surface area contributed by atoms with Gasteiger partial charge in [0, 0.05) is 24.5 Å². The largest absolute Gasteiger partial charge is 0.394 e. The second-order valence-corrected chi connectivity index (χ2v) is 4.48. The fraction of sp³-hybridized carbons (Fsp3) is 0.900. The van der Waals surface area contributed by atoms with Crippen molar-refractivity contribution in [2.75, 3.05) is 13.2 Å². The lowest BCUT2D eigenvalue weighted by Crippen LogP contribution is -2.43. The van der Waals surface area contributed by atoms with Crippen LogP contribution in [0.15, 0.2) is 0 Å². The first-order valence-corrected chi connectivity index (χ1v) is 5.39. The highest BCUT2D eigenvalue weighted by Crippen LogP contribution is 2.35. The monoisotopic (exact) mass is 198 g/mol. The Kier molecular flexibility index (Phi) is 2.74. The minimum atomic E-state index is -0.0463. The molecule has 3 N–H and O–H groups in total. The van der Waals surface area contributed by atoms with Crippen molar-refractivity contribution in [2.45, 2.75) is 43.7 Å². The van der Waals surface area contributed by atoms with Gasteiger partial charge in [-0.1, -0.05) is 0 Å². The van der Waals surface area contributed by atoms with E-state index < -0.39 is 0 Å². The van der Waals surface area contributed by atoms with Gasteiger partial charge in [-0.05, 0) is 25.7 Å². The average molecular weight is 198 g/mol. The Labute approximate surface area is 84.1 Å². The lowest BCUT2D eigenvalue weighted by Gasteiger charge is -2.22. The third kappa shape index (κ3) is 2.25. The van der Waals surface area contributed by atoms with E-state index >= 15 is 0 Å². The molecular weight excluding hydrogens is 180 g/mol. The molecular formula is C10H18N2O2. The van der Waals surface area contributed by atoms with Crippen LogP contribution in [0, 0.1) is 0 Å². The Bertz CT molecular complexity index is 226. The van der Waals surface area contributed by atoms with E-state index in [1.54, 1.807) is 0 Å². The van der Waals surface area contributed by atoms with E-state index in [0.717, 1.165) is 32.2 Å². The number of carbonyl (C=O) groups excluding carboxylic acids is 1. The lowest BCUT2D eigenvalue weighted by molar-refractivity contribution is -0.121. The fourth-order valence-corrected chi connectivity index (χ4v) is 2.03. The van der Waals surface area contributed by atoms with E-state index in [1.807, 2.05) is 0 Å². The summed E-state index contributed by atoms with van der Waals surface area (Å²) in [5.74, 6) is 0.133. The molecule has 1 saturated carbocycles. The predicted molar refractivity (Wildman–Crippen MR) is 52.8 cm³/mol. The van der Waals surface area contributed by atoms with Crippen LogP contribution in [0.3, 0.4) is 0 Å². The molecule has 2 aliphatic rings. The van der Waals surface area contributed by atoms with Crippen molar-refractivity contribution in [3.63, 3.8) is 0 Å². The maximum absolute atomic E-state index is 11.3. The van der Waals surface area contributed by atoms with Crippen LogP contribution in [0.25, 0.3) is 0 Å². The summed E-state index contributed by atoms with van der Waals surface area (Å²) in [7, 11) is 0. The fourth-order valence-electron chi connectivity index (χ4n) is 2.03. The first kappa shape index (κ1) is 9.93. The standard InChI is InChI=1S/C10H18N2O2/c13-7-10(3-4-10)12-8-2-1-5-11-9(14)6-8/h8,12-13H,1-7H2,(H,11,14). The first-order valence-electron chi connectivity index (χ1n) is 5.39. The Morgan fingerprint density at radius 2 is 2.36 bits per heavy atom. The molecule has 1 amide bonds. The topological polar surface area (TPSA) is 61.4 Å². The molecule has 0 radical (unpaired) electrons. The van der Waals surface area contributed by atoms with Crippen molar-refractivity contribution in [2.24, 2.45) is 0 Å². The van der Waals surface area contributed by atoms with Gasteiger partial charge in [-0.2, -0.15) is 0 Å². The number of carbonyl (C=O) groups is 1. The van der Waals surface area contributed by atoms with Crippen LogP contribution in [-0.2, 0) is 4.79 Å². The zero-order valence-corrected chi connectivity index (χ0v) is 8.38. The van der Waals surface area contributed by atoms with Crippen LogP contribution in [0.1, 0.15) is 32.1 Å². The van der Waals surface area contributed by atoms with Crippen LogP contribution < -0.4 is 10.6 Å². The summed E-state index contributed by atoms with van der Waals surface area (Å²) in [6.45, 7) is 0.994. The summed E-state index contributed by atoms with van der Waals surface area (Å²) >= 11 is 0. The summed E-state index contributed by atoms with van der Waals surface area (Å²) in [6, 6.07) is 0.257. The van der Waals surface area contributed by atoms with E-state index in [9.17, 15) is 4.79 Å². The summed E-state index contributed by atoms with van der Waals surface area (Å²) < 4.78 is 0. The quantitative estimate of drug-likeness (QED) is 0.587. The van der Waals surface area contributed by atoms with Gasteiger partial charge in [-0.15, -0.1) is 0 Å². The molecule has 2 fully saturated rings. The third-order valence-electron chi connectivity index (χ3n) is 3.15. The molecule has 0 bridgehead atoms. The zero-order valence-electron chi connectivity index (χ0n) is 8.38. The van der Waals surface area contributed by atoms with Gasteiger partial charge in [0.05, 0.1) is 6.61 Å². The number of rotatable bonds is 3. The van der Waals surface area contributed by atoms with Crippen LogP contribution in [0.4, 0.5) is 0 Å². The number of amides is 1. The molecule has 14 heavy (non-hydrogen) atoms. The molecule has 0 aromatic rings. The SMILES string of the molecule is O=C1CC(NC2(CO)CC2)CCCN1. The molecule has 1 saturated heterocycles. The average Bonchev–Trinajstić information content (AvgIpc) is 2.94. The molecule has 0 spiro atoms. The van der Waals surface area contributed by atoms with E-state index in [1.165, 1.54) is 0 Å². The van der Waals surface area contributed by atoms with Crippen LogP contribution in [0.5, 0.6) is 0 Å². The molecule has 80 valence electrons. The van der Waals surface area contributed by atoms with Crippen molar-refractivity contribution >= 4 is 5.91 Å². The van der Waals surface area contributed by atoms with Gasteiger partial charge in [-0.3, -0.25) is 4.79 Å². The number of aliphatic hydroxyl groups is 1. The molecule has 0 aromatic heterocycles. The maximum atomic E-state index is 11.3. The minimum absolute atomic E-state index is 0.0463. The van der Waals surface area contributed by atoms with Crippen molar-refractivity contribution in [3.8, 4) is 0 Å². The third-order valence-corrected chi connectivity index (χ3v) is 3.15. The van der Waals surface area contributed by atoms with E-state index in [-0.39, 0.29) is 24.1 Å². The Morgan fingerprint density at radius 3 is 3.00 bits per heavy atom. The number of nitrogens with one attached hydrogen (secondary N) is 2. The normalized spacial score (nSPS) is 30.6. The first-order chi connectivity index (χ1) is 6.74. The van der Waals surface area contributed by atoms with Crippen LogP contribution >= 0.6 is 0 Å². The molecule has 1 unspecified atom stereocenters. The molecule has 1 aliphatic heterocycles. The Balaban J connectivity index is 1.86. The van der Waals surface area contributed by atoms with Gasteiger partial charge in [-0.25, -0.2) is 0 Å². The number of hydrogen-bond acceptors (Lipinski definition) is 3. The highest BCUT2D eigenvalue weighted by atomic mass is 16.3. The lowest BCUT2D eigenvalue weighted by atomic mass is 10.1. The molecule has 4 nitrogen and oxygen atoms in total. The van der Waals surface area contributed by atoms with Gasteiger partial charge < -0.3 is 15.7 Å². The molecule has 4 heteroatoms. The molecule has 2 rings (SSSR count). The molecule has 1 aliphatic carbocycles. The Hall–Kier alpha value is -0.610. The van der Waals surface area contributed by atoms with E-state index in [2.05, 4.69) is 10.6 Å². The van der Waals surface area contributed by atoms with Gasteiger partial charge in [0.25, 0.3) is 0 Å². The van der Waals surface area contributed by atoms with Crippen molar-refractivity contribution in [1.82, 2.24) is 10.6 Å². The zero-order chi connectivity index (χ0) is 10.0. The summed E-state index contributed by atoms with van der Waals surface area (Å²) in [5, 5.41) is 15.4. The van der Waals surface area contributed by atoms with Gasteiger partial charge in [0.15, 0.2) is 0 Å². The van der Waals surface area contributed by atoms with Gasteiger partial charge in [0.1, 0.15) is 0 Å². The highest BCUT2D eigenvalue weighted by Gasteiger charge is 2.43. The van der Waals surface area contributed by atoms with Crippen LogP contribution in [-0.4, -0.2) is 35.7 Å². The number of hydrogen-bond donors (Lipinski definition) is 3. The minimum Gasteiger partial charge on any atom is -0.394 e. The van der Waals surface area contributed by atoms with Gasteiger partial charge >= 0.3 is 0 Å². The molecule has 0 aromatic carbocycles. The highest BCUT2D eigenvalue weighted by molar-refractivity contribution is 5.76. The van der Waals surface area contributed by atoms with Crippen molar-refractivity contribution in [3.05, 3.63) is 0 Å². The Morgan fingerprint density at radius 1 is 1.57 bits per heavy atom. The summed E-state index contributed by atoms with van der Waals surface area (Å²) in [4.78, 5) is 11.3. The van der Waals surface area contributed by atoms with Crippen molar-refractivity contribution in [1.29, 1.82) is 0 Å². The van der Waals surface area contributed by atoms with E-state index in [4.69, 9.17) is 5.11 Å². The number of aliphatic hydroxyl groups excluding tert-OH is 1. The summed E-state index contributed by atoms with van der Waals surface area (Å²) in [6.07, 6.45) is 4.70. The smallest absolute Gasteiger partial charge is 0.221 e. The molecule has 1 heterocycles. The second-order valence-electron chi connectivity index (χ2n) is 4.48. The van der Waals surface area contributed by atoms with E-state index in [0.29, 0.717) is 6.42 Å². The van der Waals surface area contributed by atoms with Crippen molar-refractivity contribution < 1.29 is 9.90 Å². The maximum Gasteiger partial charge on any atom is 0.221 e. The summed E-state index contributed by atoms with van der Waals surface area (Å²) in [5.41, 5.74) is -0.0463. The second kappa shape index (κ2) is 3.87.